The molecule has 0 aliphatic carbocycles. The van der Waals surface area contributed by atoms with Gasteiger partial charge in [-0.15, -0.1) is 0 Å². The Bertz CT molecular complexity index is 939. The molecule has 0 spiro atoms. The van der Waals surface area contributed by atoms with E-state index in [1.807, 2.05) is 18.2 Å². The predicted molar refractivity (Wildman–Crippen MR) is 88.8 cm³/mol. The molecule has 7 nitrogen and oxygen atoms in total. The molecule has 2 heterocycles. The van der Waals surface area contributed by atoms with Crippen molar-refractivity contribution in [2.75, 3.05) is 4.90 Å². The second kappa shape index (κ2) is 5.15. The third-order valence-electron chi connectivity index (χ3n) is 5.17. The Morgan fingerprint density at radius 3 is 2.35 bits per heavy atom. The SMILES string of the molecule is C[C@@]1(c2ccc(N3Cc4ccccc4C3=O)cc2)O[C@@]1(C(N)=O)C(=O)[O-]. The molecule has 26 heavy (non-hydrogen) atoms. The number of hydrogen-bond donors (Lipinski definition) is 1. The first kappa shape index (κ1) is 16.3. The number of carboxylic acids is 1. The minimum absolute atomic E-state index is 0.0940. The molecule has 4 rings (SSSR count). The quantitative estimate of drug-likeness (QED) is 0.618. The van der Waals surface area contributed by atoms with E-state index < -0.39 is 23.1 Å². The Labute approximate surface area is 149 Å². The lowest BCUT2D eigenvalue weighted by molar-refractivity contribution is -0.311. The van der Waals surface area contributed by atoms with Crippen molar-refractivity contribution in [2.45, 2.75) is 24.7 Å². The summed E-state index contributed by atoms with van der Waals surface area (Å²) < 4.78 is 5.22. The number of carbonyl (C=O) groups excluding carboxylic acids is 3. The summed E-state index contributed by atoms with van der Waals surface area (Å²) in [6, 6.07) is 14.0. The summed E-state index contributed by atoms with van der Waals surface area (Å²) in [5.41, 5.74) is 4.38. The van der Waals surface area contributed by atoms with Crippen molar-refractivity contribution in [3.63, 3.8) is 0 Å². The van der Waals surface area contributed by atoms with Crippen LogP contribution in [0.15, 0.2) is 48.5 Å². The van der Waals surface area contributed by atoms with Crippen LogP contribution in [0, 0.1) is 0 Å². The lowest BCUT2D eigenvalue weighted by atomic mass is 9.87. The van der Waals surface area contributed by atoms with Gasteiger partial charge in [-0.25, -0.2) is 0 Å². The number of fused-ring (bicyclic) bond motifs is 1. The van der Waals surface area contributed by atoms with Gasteiger partial charge in [0.1, 0.15) is 5.60 Å². The molecule has 132 valence electrons. The summed E-state index contributed by atoms with van der Waals surface area (Å²) in [5.74, 6) is -2.86. The highest BCUT2D eigenvalue weighted by molar-refractivity contribution is 6.10. The molecular weight excluding hydrogens is 336 g/mol. The van der Waals surface area contributed by atoms with Crippen LogP contribution in [0.25, 0.3) is 0 Å². The summed E-state index contributed by atoms with van der Waals surface area (Å²) in [5, 5.41) is 11.4. The van der Waals surface area contributed by atoms with Crippen molar-refractivity contribution in [1.82, 2.24) is 0 Å². The molecule has 2 N–H and O–H groups in total. The zero-order valence-corrected chi connectivity index (χ0v) is 13.9. The molecule has 0 radical (unpaired) electrons. The molecule has 0 aromatic heterocycles. The molecule has 0 bridgehead atoms. The molecule has 0 unspecified atom stereocenters. The molecule has 2 aliphatic rings. The first-order valence-electron chi connectivity index (χ1n) is 8.03. The van der Waals surface area contributed by atoms with Crippen LogP contribution < -0.4 is 15.7 Å². The second-order valence-corrected chi connectivity index (χ2v) is 6.56. The summed E-state index contributed by atoms with van der Waals surface area (Å²) in [4.78, 5) is 37.1. The molecule has 2 aliphatic heterocycles. The second-order valence-electron chi connectivity index (χ2n) is 6.56. The number of nitrogens with two attached hydrogens (primary N) is 1. The van der Waals surface area contributed by atoms with Gasteiger partial charge in [0.25, 0.3) is 11.8 Å². The molecule has 2 aromatic carbocycles. The van der Waals surface area contributed by atoms with Gasteiger partial charge in [-0.3, -0.25) is 9.59 Å². The highest BCUT2D eigenvalue weighted by atomic mass is 16.7. The Hall–Kier alpha value is -3.19. The van der Waals surface area contributed by atoms with Crippen LogP contribution in [0.3, 0.4) is 0 Å². The van der Waals surface area contributed by atoms with E-state index in [4.69, 9.17) is 10.5 Å². The van der Waals surface area contributed by atoms with E-state index in [-0.39, 0.29) is 5.91 Å². The van der Waals surface area contributed by atoms with E-state index in [1.165, 1.54) is 6.92 Å². The Kier molecular flexibility index (Phi) is 3.23. The predicted octanol–water partition coefficient (Wildman–Crippen LogP) is 0.0664. The molecule has 1 saturated heterocycles. The number of nitrogens with zero attached hydrogens (tertiary/aromatic N) is 1. The summed E-state index contributed by atoms with van der Waals surface area (Å²) in [6.07, 6.45) is 0. The van der Waals surface area contributed by atoms with Crippen molar-refractivity contribution < 1.29 is 24.2 Å². The number of primary amides is 1. The monoisotopic (exact) mass is 351 g/mol. The van der Waals surface area contributed by atoms with Crippen LogP contribution in [0.4, 0.5) is 5.69 Å². The fourth-order valence-corrected chi connectivity index (χ4v) is 3.59. The van der Waals surface area contributed by atoms with Crippen molar-refractivity contribution >= 4 is 23.5 Å². The van der Waals surface area contributed by atoms with Crippen LogP contribution in [0.1, 0.15) is 28.4 Å². The fraction of sp³-hybridized carbons (Fsp3) is 0.211. The number of carboxylic acid groups (broad SMARTS) is 1. The minimum atomic E-state index is -2.17. The lowest BCUT2D eigenvalue weighted by Gasteiger charge is -2.18. The van der Waals surface area contributed by atoms with Crippen LogP contribution >= 0.6 is 0 Å². The zero-order chi connectivity index (χ0) is 18.7. The zero-order valence-electron chi connectivity index (χ0n) is 13.9. The van der Waals surface area contributed by atoms with E-state index in [1.54, 1.807) is 35.2 Å². The Balaban J connectivity index is 1.63. The van der Waals surface area contributed by atoms with Crippen LogP contribution in [-0.2, 0) is 26.5 Å². The molecule has 7 heteroatoms. The highest BCUT2D eigenvalue weighted by Gasteiger charge is 2.73. The fourth-order valence-electron chi connectivity index (χ4n) is 3.59. The number of carbonyl (C=O) groups is 3. The van der Waals surface area contributed by atoms with Gasteiger partial charge in [0.05, 0.1) is 12.5 Å². The maximum atomic E-state index is 12.5. The highest BCUT2D eigenvalue weighted by Crippen LogP contribution is 2.55. The largest absolute Gasteiger partial charge is 0.546 e. The number of benzene rings is 2. The van der Waals surface area contributed by atoms with E-state index in [9.17, 15) is 19.5 Å². The van der Waals surface area contributed by atoms with Crippen LogP contribution in [-0.4, -0.2) is 23.4 Å². The molecule has 2 aromatic rings. The summed E-state index contributed by atoms with van der Waals surface area (Å²) in [7, 11) is 0. The first-order valence-corrected chi connectivity index (χ1v) is 8.03. The van der Waals surface area contributed by atoms with Gasteiger partial charge in [0.2, 0.25) is 5.60 Å². The van der Waals surface area contributed by atoms with Crippen LogP contribution in [0.5, 0.6) is 0 Å². The third-order valence-corrected chi connectivity index (χ3v) is 5.17. The topological polar surface area (TPSA) is 116 Å². The van der Waals surface area contributed by atoms with Gasteiger partial charge in [-0.2, -0.15) is 0 Å². The summed E-state index contributed by atoms with van der Waals surface area (Å²) in [6.45, 7) is 1.94. The van der Waals surface area contributed by atoms with Crippen molar-refractivity contribution in [2.24, 2.45) is 5.73 Å². The number of ether oxygens (including phenoxy) is 1. The van der Waals surface area contributed by atoms with Gasteiger partial charge in [-0.05, 0) is 36.2 Å². The maximum Gasteiger partial charge on any atom is 0.259 e. The van der Waals surface area contributed by atoms with Gasteiger partial charge < -0.3 is 25.3 Å². The lowest BCUT2D eigenvalue weighted by Crippen LogP contribution is -2.51. The standard InChI is InChI=1S/C19H16N2O5/c1-18(19(26-18,16(20)23)17(24)25)12-6-8-13(9-7-12)21-10-11-4-2-3-5-14(11)15(21)22/h2-9H,10H2,1H3,(H2,20,23)(H,24,25)/p-1/t18-,19-/m0/s1. The average molecular weight is 351 g/mol. The minimum Gasteiger partial charge on any atom is -0.546 e. The number of aliphatic carboxylic acids is 1. The Morgan fingerprint density at radius 2 is 1.81 bits per heavy atom. The van der Waals surface area contributed by atoms with Crippen molar-refractivity contribution in [3.8, 4) is 0 Å². The third kappa shape index (κ3) is 1.94. The molecule has 2 atom stereocenters. The number of amides is 2. The Morgan fingerprint density at radius 1 is 1.15 bits per heavy atom. The van der Waals surface area contributed by atoms with Gasteiger partial charge >= 0.3 is 0 Å². The smallest absolute Gasteiger partial charge is 0.259 e. The number of hydrogen-bond acceptors (Lipinski definition) is 5. The van der Waals surface area contributed by atoms with E-state index >= 15 is 0 Å². The van der Waals surface area contributed by atoms with Gasteiger partial charge in [-0.1, -0.05) is 30.3 Å². The molecule has 1 fully saturated rings. The van der Waals surface area contributed by atoms with Crippen LogP contribution in [0.2, 0.25) is 0 Å². The van der Waals surface area contributed by atoms with E-state index in [2.05, 4.69) is 0 Å². The van der Waals surface area contributed by atoms with Gasteiger partial charge in [0, 0.05) is 11.3 Å². The maximum absolute atomic E-state index is 12.5. The van der Waals surface area contributed by atoms with Crippen molar-refractivity contribution in [1.29, 1.82) is 0 Å². The normalized spacial score (nSPS) is 26.5. The van der Waals surface area contributed by atoms with E-state index in [0.717, 1.165) is 5.56 Å². The van der Waals surface area contributed by atoms with Gasteiger partial charge in [0.15, 0.2) is 0 Å². The number of rotatable bonds is 4. The molecular formula is C19H15N2O5-. The summed E-state index contributed by atoms with van der Waals surface area (Å²) >= 11 is 0. The number of epoxide rings is 1. The molecule has 2 amide bonds. The first-order chi connectivity index (χ1) is 12.3. The van der Waals surface area contributed by atoms with E-state index in [0.29, 0.717) is 23.4 Å². The number of anilines is 1. The molecule has 0 saturated carbocycles. The van der Waals surface area contributed by atoms with Crippen molar-refractivity contribution in [3.05, 3.63) is 65.2 Å². The average Bonchev–Trinajstić information content (AvgIpc) is 3.17.